The van der Waals surface area contributed by atoms with E-state index in [0.717, 1.165) is 30.7 Å². The van der Waals surface area contributed by atoms with E-state index in [1.165, 1.54) is 12.8 Å². The van der Waals surface area contributed by atoms with E-state index in [1.807, 2.05) is 28.0 Å². The van der Waals surface area contributed by atoms with Gasteiger partial charge in [-0.2, -0.15) is 0 Å². The molecule has 0 spiro atoms. The second-order valence-corrected chi connectivity index (χ2v) is 10.7. The normalized spacial score (nSPS) is 26.7. The molecule has 3 heterocycles. The van der Waals surface area contributed by atoms with Crippen LogP contribution in [0.3, 0.4) is 0 Å². The number of ether oxygens (including phenoxy) is 1. The molecule has 0 radical (unpaired) electrons. The summed E-state index contributed by atoms with van der Waals surface area (Å²) in [7, 11) is 0. The van der Waals surface area contributed by atoms with Crippen LogP contribution in [0.4, 0.5) is 0 Å². The molecule has 2 saturated heterocycles. The minimum absolute atomic E-state index is 0.124. The second kappa shape index (κ2) is 11.5. The minimum atomic E-state index is 0.124. The van der Waals surface area contributed by atoms with Gasteiger partial charge in [0.15, 0.2) is 0 Å². The van der Waals surface area contributed by atoms with E-state index in [9.17, 15) is 14.4 Å². The van der Waals surface area contributed by atoms with Gasteiger partial charge in [0.25, 0.3) is 0 Å². The highest BCUT2D eigenvalue weighted by atomic mass is 16.5. The summed E-state index contributed by atoms with van der Waals surface area (Å²) < 4.78 is 6.15. The van der Waals surface area contributed by atoms with Crippen molar-refractivity contribution in [3.63, 3.8) is 0 Å². The summed E-state index contributed by atoms with van der Waals surface area (Å²) in [5.41, 5.74) is 1.12. The van der Waals surface area contributed by atoms with Crippen LogP contribution in [0.1, 0.15) is 31.2 Å². The second-order valence-electron chi connectivity index (χ2n) is 10.7. The monoisotopic (exact) mass is 494 g/mol. The zero-order chi connectivity index (χ0) is 24.9. The van der Waals surface area contributed by atoms with Gasteiger partial charge in [0, 0.05) is 64.3 Å². The largest absolute Gasteiger partial charge is 0.489 e. The number of rotatable bonds is 5. The van der Waals surface area contributed by atoms with Crippen molar-refractivity contribution in [3.8, 4) is 5.75 Å². The summed E-state index contributed by atoms with van der Waals surface area (Å²) in [6.45, 7) is 6.30. The predicted octanol–water partition coefficient (Wildman–Crippen LogP) is 2.00. The maximum absolute atomic E-state index is 13.4. The lowest BCUT2D eigenvalue weighted by atomic mass is 9.82. The summed E-state index contributed by atoms with van der Waals surface area (Å²) in [6, 6.07) is 8.13. The van der Waals surface area contributed by atoms with E-state index in [1.54, 1.807) is 4.90 Å². The zero-order valence-electron chi connectivity index (χ0n) is 21.1. The number of hydrogen-bond acceptors (Lipinski definition) is 5. The summed E-state index contributed by atoms with van der Waals surface area (Å²) >= 11 is 0. The molecule has 3 fully saturated rings. The van der Waals surface area contributed by atoms with Crippen LogP contribution in [-0.2, 0) is 20.9 Å². The van der Waals surface area contributed by atoms with Gasteiger partial charge in [0.05, 0.1) is 6.54 Å². The van der Waals surface area contributed by atoms with Gasteiger partial charge in [-0.3, -0.25) is 19.3 Å². The molecule has 3 amide bonds. The van der Waals surface area contributed by atoms with Crippen molar-refractivity contribution < 1.29 is 19.1 Å². The van der Waals surface area contributed by atoms with Crippen LogP contribution in [-0.4, -0.2) is 96.8 Å². The molecule has 2 atom stereocenters. The Hall–Kier alpha value is -2.87. The molecule has 1 aromatic carbocycles. The molecule has 2 bridgehead atoms. The number of fused-ring (bicyclic) bond motifs is 3. The first-order valence-corrected chi connectivity index (χ1v) is 13.4. The number of carbonyl (C=O) groups excluding carboxylic acids is 3. The standard InChI is InChI=1S/C28H38N4O4/c33-21-29-11-13-31(14-12-29)27(34)16-23-9-10-32-19-24(23)5-3-15-36-26-6-2-1-4-25(26)18-30(20-28(32)35)17-22-7-8-22/h1-6,21-24H,7-20H2/b5-3+/t23-,24-/m0/s1. The van der Waals surface area contributed by atoms with Crippen LogP contribution in [0.2, 0.25) is 0 Å². The van der Waals surface area contributed by atoms with Crippen LogP contribution >= 0.6 is 0 Å². The van der Waals surface area contributed by atoms with Gasteiger partial charge in [-0.25, -0.2) is 0 Å². The topological polar surface area (TPSA) is 73.4 Å². The fraction of sp³-hybridized carbons (Fsp3) is 0.607. The fourth-order valence-corrected chi connectivity index (χ4v) is 5.68. The van der Waals surface area contributed by atoms with E-state index in [2.05, 4.69) is 23.1 Å². The van der Waals surface area contributed by atoms with Crippen LogP contribution in [0.5, 0.6) is 5.75 Å². The fourth-order valence-electron chi connectivity index (χ4n) is 5.68. The first-order chi connectivity index (χ1) is 17.6. The Bertz CT molecular complexity index is 970. The van der Waals surface area contributed by atoms with Crippen molar-refractivity contribution in [2.24, 2.45) is 17.8 Å². The molecule has 8 nitrogen and oxygen atoms in total. The zero-order valence-corrected chi connectivity index (χ0v) is 21.1. The molecule has 1 aromatic rings. The summed E-state index contributed by atoms with van der Waals surface area (Å²) in [6.07, 6.45) is 8.87. The quantitative estimate of drug-likeness (QED) is 0.463. The lowest BCUT2D eigenvalue weighted by Crippen LogP contribution is -2.50. The van der Waals surface area contributed by atoms with Crippen molar-refractivity contribution in [2.75, 3.05) is 59.0 Å². The van der Waals surface area contributed by atoms with E-state index in [-0.39, 0.29) is 23.7 Å². The smallest absolute Gasteiger partial charge is 0.236 e. The molecule has 3 aliphatic heterocycles. The van der Waals surface area contributed by atoms with Crippen LogP contribution < -0.4 is 4.74 Å². The number of carbonyl (C=O) groups is 3. The van der Waals surface area contributed by atoms with Crippen molar-refractivity contribution in [1.29, 1.82) is 0 Å². The lowest BCUT2D eigenvalue weighted by Gasteiger charge is -2.39. The number of nitrogens with zero attached hydrogens (tertiary/aromatic N) is 4. The number of piperidine rings is 1. The molecule has 36 heavy (non-hydrogen) atoms. The third-order valence-corrected chi connectivity index (χ3v) is 8.07. The maximum Gasteiger partial charge on any atom is 0.236 e. The number of hydrogen-bond donors (Lipinski definition) is 0. The number of para-hydroxylation sites is 1. The van der Waals surface area contributed by atoms with Crippen LogP contribution in [0, 0.1) is 17.8 Å². The first-order valence-electron chi connectivity index (χ1n) is 13.4. The number of benzene rings is 1. The molecule has 8 heteroatoms. The van der Waals surface area contributed by atoms with Crippen LogP contribution in [0.25, 0.3) is 0 Å². The van der Waals surface area contributed by atoms with E-state index >= 15 is 0 Å². The van der Waals surface area contributed by atoms with Crippen molar-refractivity contribution >= 4 is 18.2 Å². The third-order valence-electron chi connectivity index (χ3n) is 8.07. The highest BCUT2D eigenvalue weighted by Crippen LogP contribution is 2.32. The Balaban J connectivity index is 1.29. The van der Waals surface area contributed by atoms with Gasteiger partial charge in [0.1, 0.15) is 12.4 Å². The molecular formula is C28H38N4O4. The molecule has 194 valence electrons. The molecule has 1 saturated carbocycles. The van der Waals surface area contributed by atoms with Gasteiger partial charge < -0.3 is 19.4 Å². The summed E-state index contributed by atoms with van der Waals surface area (Å²) in [5.74, 6) is 2.23. The van der Waals surface area contributed by atoms with Crippen molar-refractivity contribution in [3.05, 3.63) is 42.0 Å². The average molecular weight is 495 g/mol. The Labute approximate surface area is 213 Å². The first kappa shape index (κ1) is 24.8. The van der Waals surface area contributed by atoms with Gasteiger partial charge in [-0.1, -0.05) is 30.4 Å². The molecule has 1 aliphatic carbocycles. The molecule has 0 N–H and O–H groups in total. The summed E-state index contributed by atoms with van der Waals surface area (Å²) in [4.78, 5) is 45.4. The molecule has 5 rings (SSSR count). The van der Waals surface area contributed by atoms with E-state index in [4.69, 9.17) is 4.74 Å². The van der Waals surface area contributed by atoms with Crippen molar-refractivity contribution in [1.82, 2.24) is 19.6 Å². The Morgan fingerprint density at radius 1 is 1.03 bits per heavy atom. The minimum Gasteiger partial charge on any atom is -0.489 e. The Morgan fingerprint density at radius 3 is 2.61 bits per heavy atom. The van der Waals surface area contributed by atoms with E-state index in [0.29, 0.717) is 71.3 Å². The van der Waals surface area contributed by atoms with Gasteiger partial charge in [-0.15, -0.1) is 0 Å². The van der Waals surface area contributed by atoms with Gasteiger partial charge in [-0.05, 0) is 43.1 Å². The lowest BCUT2D eigenvalue weighted by molar-refractivity contribution is -0.138. The molecule has 4 aliphatic rings. The van der Waals surface area contributed by atoms with Crippen molar-refractivity contribution in [2.45, 2.75) is 32.2 Å². The summed E-state index contributed by atoms with van der Waals surface area (Å²) in [5, 5.41) is 0. The number of piperazine rings is 1. The Kier molecular flexibility index (Phi) is 7.90. The van der Waals surface area contributed by atoms with Gasteiger partial charge in [0.2, 0.25) is 18.2 Å². The highest BCUT2D eigenvalue weighted by molar-refractivity contribution is 5.79. The SMILES string of the molecule is O=CN1CCN(C(=O)C[C@@H]2CCN3C[C@@H]2/C=C/COc2ccccc2CN(CC2CC2)CC3=O)CC1. The average Bonchev–Trinajstić information content (AvgIpc) is 3.71. The molecule has 0 aromatic heterocycles. The highest BCUT2D eigenvalue weighted by Gasteiger charge is 2.34. The van der Waals surface area contributed by atoms with Crippen LogP contribution in [0.15, 0.2) is 36.4 Å². The predicted molar refractivity (Wildman–Crippen MR) is 136 cm³/mol. The molecule has 0 unspecified atom stereocenters. The maximum atomic E-state index is 13.4. The van der Waals surface area contributed by atoms with Gasteiger partial charge >= 0.3 is 0 Å². The van der Waals surface area contributed by atoms with E-state index < -0.39 is 0 Å². The Morgan fingerprint density at radius 2 is 1.83 bits per heavy atom. The number of amides is 3. The third kappa shape index (κ3) is 6.27. The molecular weight excluding hydrogens is 456 g/mol.